The van der Waals surface area contributed by atoms with E-state index in [4.69, 9.17) is 0 Å². The summed E-state index contributed by atoms with van der Waals surface area (Å²) in [5.41, 5.74) is 1.28. The molecule has 5 heteroatoms. The molecule has 0 spiro atoms. The Bertz CT molecular complexity index is 709. The van der Waals surface area contributed by atoms with Crippen molar-refractivity contribution in [3.63, 3.8) is 0 Å². The van der Waals surface area contributed by atoms with E-state index in [2.05, 4.69) is 5.32 Å². The summed E-state index contributed by atoms with van der Waals surface area (Å²) in [7, 11) is 0. The van der Waals surface area contributed by atoms with Gasteiger partial charge in [0.05, 0.1) is 5.75 Å². The second-order valence-corrected chi connectivity index (χ2v) is 6.56. The van der Waals surface area contributed by atoms with Gasteiger partial charge in [-0.3, -0.25) is 9.59 Å². The van der Waals surface area contributed by atoms with E-state index in [1.165, 1.54) is 36.0 Å². The number of hydrogen-bond acceptors (Lipinski definition) is 3. The Hall–Kier alpha value is -2.14. The topological polar surface area (TPSA) is 46.2 Å². The van der Waals surface area contributed by atoms with Gasteiger partial charge < -0.3 is 5.32 Å². The van der Waals surface area contributed by atoms with Gasteiger partial charge in [-0.05, 0) is 61.4 Å². The molecule has 1 amide bonds. The molecule has 0 bridgehead atoms. The number of nitrogens with one attached hydrogen (secondary N) is 1. The average molecular weight is 329 g/mol. The quantitative estimate of drug-likeness (QED) is 0.640. The molecule has 0 saturated heterocycles. The van der Waals surface area contributed by atoms with Gasteiger partial charge in [0.25, 0.3) is 0 Å². The summed E-state index contributed by atoms with van der Waals surface area (Å²) < 4.78 is 12.8. The first kappa shape index (κ1) is 15.7. The molecular weight excluding hydrogens is 313 g/mol. The van der Waals surface area contributed by atoms with Crippen molar-refractivity contribution >= 4 is 29.1 Å². The molecule has 0 unspecified atom stereocenters. The smallest absolute Gasteiger partial charge is 0.227 e. The Labute approximate surface area is 138 Å². The number of carbonyl (C=O) groups excluding carboxylic acids is 2. The van der Waals surface area contributed by atoms with Crippen LogP contribution >= 0.6 is 11.8 Å². The van der Waals surface area contributed by atoms with Crippen LogP contribution in [0.2, 0.25) is 0 Å². The lowest BCUT2D eigenvalue weighted by Crippen LogP contribution is -2.12. The van der Waals surface area contributed by atoms with Crippen molar-refractivity contribution in [2.75, 3.05) is 11.1 Å². The van der Waals surface area contributed by atoms with Crippen LogP contribution in [0, 0.1) is 11.7 Å². The highest BCUT2D eigenvalue weighted by atomic mass is 32.2. The molecule has 23 heavy (non-hydrogen) atoms. The van der Waals surface area contributed by atoms with Crippen molar-refractivity contribution in [2.45, 2.75) is 17.7 Å². The van der Waals surface area contributed by atoms with Crippen molar-refractivity contribution in [3.05, 3.63) is 59.9 Å². The van der Waals surface area contributed by atoms with Crippen molar-refractivity contribution in [3.8, 4) is 0 Å². The first-order valence-corrected chi connectivity index (χ1v) is 8.43. The molecule has 1 fully saturated rings. The van der Waals surface area contributed by atoms with E-state index in [1.807, 2.05) is 24.3 Å². The largest absolute Gasteiger partial charge is 0.326 e. The van der Waals surface area contributed by atoms with Crippen molar-refractivity contribution in [1.29, 1.82) is 0 Å². The summed E-state index contributed by atoms with van der Waals surface area (Å²) in [6.45, 7) is 0. The van der Waals surface area contributed by atoms with E-state index in [0.29, 0.717) is 11.3 Å². The highest BCUT2D eigenvalue weighted by Crippen LogP contribution is 2.30. The molecule has 2 aromatic carbocycles. The van der Waals surface area contributed by atoms with Crippen molar-refractivity contribution in [1.82, 2.24) is 0 Å². The SMILES string of the molecule is O=C(CSc1ccc(NC(=O)C2CC2)cc1)c1ccc(F)cc1. The number of halogens is 1. The van der Waals surface area contributed by atoms with E-state index < -0.39 is 0 Å². The molecule has 1 N–H and O–H groups in total. The zero-order valence-electron chi connectivity index (χ0n) is 12.4. The molecule has 1 aliphatic rings. The van der Waals surface area contributed by atoms with E-state index >= 15 is 0 Å². The van der Waals surface area contributed by atoms with Crippen molar-refractivity contribution in [2.24, 2.45) is 5.92 Å². The third-order valence-electron chi connectivity index (χ3n) is 3.61. The number of carbonyl (C=O) groups is 2. The minimum Gasteiger partial charge on any atom is -0.326 e. The fraction of sp³-hybridized carbons (Fsp3) is 0.222. The first-order chi connectivity index (χ1) is 11.1. The molecule has 3 rings (SSSR count). The predicted octanol–water partition coefficient (Wildman–Crippen LogP) is 4.15. The summed E-state index contributed by atoms with van der Waals surface area (Å²) >= 11 is 1.42. The third-order valence-corrected chi connectivity index (χ3v) is 4.62. The normalized spacial score (nSPS) is 13.6. The van der Waals surface area contributed by atoms with E-state index in [1.54, 1.807) is 0 Å². The Balaban J connectivity index is 1.52. The number of hydrogen-bond donors (Lipinski definition) is 1. The molecule has 0 aromatic heterocycles. The second kappa shape index (κ2) is 6.96. The van der Waals surface area contributed by atoms with Crippen LogP contribution in [0.15, 0.2) is 53.4 Å². The Kier molecular flexibility index (Phi) is 4.76. The first-order valence-electron chi connectivity index (χ1n) is 7.44. The standard InChI is InChI=1S/C18H16FNO2S/c19-14-5-3-12(4-6-14)17(21)11-23-16-9-7-15(8-10-16)20-18(22)13-1-2-13/h3-10,13H,1-2,11H2,(H,20,22). The van der Waals surface area contributed by atoms with Gasteiger partial charge in [0.1, 0.15) is 5.82 Å². The average Bonchev–Trinajstić information content (AvgIpc) is 3.39. The molecule has 1 aliphatic carbocycles. The molecule has 118 valence electrons. The number of amides is 1. The number of anilines is 1. The summed E-state index contributed by atoms with van der Waals surface area (Å²) in [6.07, 6.45) is 1.95. The zero-order valence-corrected chi connectivity index (χ0v) is 13.2. The van der Waals surface area contributed by atoms with Crippen LogP contribution in [0.3, 0.4) is 0 Å². The number of Topliss-reactive ketones (excluding diaryl/α,β-unsaturated/α-hetero) is 1. The maximum absolute atomic E-state index is 12.8. The van der Waals surface area contributed by atoms with Crippen molar-refractivity contribution < 1.29 is 14.0 Å². The van der Waals surface area contributed by atoms with Gasteiger partial charge in [0.2, 0.25) is 5.91 Å². The van der Waals surface area contributed by atoms with Gasteiger partial charge in [-0.2, -0.15) is 0 Å². The Morgan fingerprint density at radius 3 is 2.30 bits per heavy atom. The number of thioether (sulfide) groups is 1. The molecule has 0 heterocycles. The van der Waals surface area contributed by atoms with Gasteiger partial charge in [-0.25, -0.2) is 4.39 Å². The fourth-order valence-electron chi connectivity index (χ4n) is 2.09. The fourth-order valence-corrected chi connectivity index (χ4v) is 2.89. The second-order valence-electron chi connectivity index (χ2n) is 5.51. The minimum absolute atomic E-state index is 0.0406. The van der Waals surface area contributed by atoms with Gasteiger partial charge in [0.15, 0.2) is 5.78 Å². The molecule has 0 radical (unpaired) electrons. The third kappa shape index (κ3) is 4.42. The molecule has 1 saturated carbocycles. The summed E-state index contributed by atoms with van der Waals surface area (Å²) in [5, 5.41) is 2.88. The monoisotopic (exact) mass is 329 g/mol. The molecule has 3 nitrogen and oxygen atoms in total. The molecule has 0 aliphatic heterocycles. The number of rotatable bonds is 6. The van der Waals surface area contributed by atoms with Crippen LogP contribution < -0.4 is 5.32 Å². The van der Waals surface area contributed by atoms with Crippen LogP contribution in [-0.2, 0) is 4.79 Å². The van der Waals surface area contributed by atoms with E-state index in [9.17, 15) is 14.0 Å². The van der Waals surface area contributed by atoms with Gasteiger partial charge >= 0.3 is 0 Å². The van der Waals surface area contributed by atoms with Crippen LogP contribution in [0.1, 0.15) is 23.2 Å². The molecule has 2 aromatic rings. The minimum atomic E-state index is -0.349. The molecular formula is C18H16FNO2S. The lowest BCUT2D eigenvalue weighted by atomic mass is 10.1. The maximum atomic E-state index is 12.8. The number of benzene rings is 2. The van der Waals surface area contributed by atoms with Gasteiger partial charge in [0, 0.05) is 22.1 Å². The highest BCUT2D eigenvalue weighted by molar-refractivity contribution is 8.00. The predicted molar refractivity (Wildman–Crippen MR) is 89.3 cm³/mol. The molecule has 0 atom stereocenters. The zero-order chi connectivity index (χ0) is 16.2. The summed E-state index contributed by atoms with van der Waals surface area (Å²) in [4.78, 5) is 24.6. The van der Waals surface area contributed by atoms with Crippen LogP contribution in [0.25, 0.3) is 0 Å². The Morgan fingerprint density at radius 1 is 1.04 bits per heavy atom. The van der Waals surface area contributed by atoms with Crippen LogP contribution in [-0.4, -0.2) is 17.4 Å². The van der Waals surface area contributed by atoms with Gasteiger partial charge in [-0.15, -0.1) is 11.8 Å². The highest BCUT2D eigenvalue weighted by Gasteiger charge is 2.29. The number of ketones is 1. The Morgan fingerprint density at radius 2 is 1.70 bits per heavy atom. The maximum Gasteiger partial charge on any atom is 0.227 e. The summed E-state index contributed by atoms with van der Waals surface area (Å²) in [6, 6.07) is 13.0. The van der Waals surface area contributed by atoms with Crippen LogP contribution in [0.5, 0.6) is 0 Å². The lowest BCUT2D eigenvalue weighted by Gasteiger charge is -2.06. The van der Waals surface area contributed by atoms with Crippen LogP contribution in [0.4, 0.5) is 10.1 Å². The van der Waals surface area contributed by atoms with E-state index in [-0.39, 0.29) is 23.4 Å². The summed E-state index contributed by atoms with van der Waals surface area (Å²) in [5.74, 6) is 0.160. The van der Waals surface area contributed by atoms with Gasteiger partial charge in [-0.1, -0.05) is 0 Å². The lowest BCUT2D eigenvalue weighted by molar-refractivity contribution is -0.117. The van der Waals surface area contributed by atoms with E-state index in [0.717, 1.165) is 23.4 Å².